The van der Waals surface area contributed by atoms with Crippen molar-refractivity contribution in [1.82, 2.24) is 10.6 Å². The maximum absolute atomic E-state index is 9.64. The molecule has 0 aromatic heterocycles. The molecule has 0 amide bonds. The first-order valence-corrected chi connectivity index (χ1v) is 9.50. The molecule has 1 saturated carbocycles. The molecule has 3 N–H and O–H groups in total. The number of hydrogen-bond donors (Lipinski definition) is 3. The van der Waals surface area contributed by atoms with Crippen molar-refractivity contribution in [3.05, 3.63) is 22.2 Å². The van der Waals surface area contributed by atoms with E-state index in [-0.39, 0.29) is 6.10 Å². The highest BCUT2D eigenvalue weighted by atomic mass is 79.9. The summed E-state index contributed by atoms with van der Waals surface area (Å²) in [5.41, 5.74) is 1.02. The Balaban J connectivity index is 2.07. The van der Waals surface area contributed by atoms with Crippen LogP contribution in [0.15, 0.2) is 21.6 Å². The van der Waals surface area contributed by atoms with E-state index in [0.717, 1.165) is 48.2 Å². The van der Waals surface area contributed by atoms with E-state index in [0.29, 0.717) is 24.1 Å². The summed E-state index contributed by atoms with van der Waals surface area (Å²) in [6.07, 6.45) is 3.47. The van der Waals surface area contributed by atoms with Gasteiger partial charge >= 0.3 is 0 Å². The van der Waals surface area contributed by atoms with Crippen molar-refractivity contribution in [2.45, 2.75) is 51.3 Å². The van der Waals surface area contributed by atoms with E-state index in [9.17, 15) is 5.11 Å². The number of methoxy groups -OCH3 is 2. The Bertz CT molecular complexity index is 587. The molecule has 1 aromatic rings. The van der Waals surface area contributed by atoms with Crippen molar-refractivity contribution in [1.29, 1.82) is 0 Å². The van der Waals surface area contributed by atoms with Gasteiger partial charge in [-0.3, -0.25) is 0 Å². The summed E-state index contributed by atoms with van der Waals surface area (Å²) in [5, 5.41) is 16.4. The van der Waals surface area contributed by atoms with Crippen LogP contribution in [0.25, 0.3) is 0 Å². The number of nitrogens with zero attached hydrogens (tertiary/aromatic N) is 1. The Hall–Kier alpha value is -1.47. The molecule has 1 aliphatic rings. The predicted octanol–water partition coefficient (Wildman–Crippen LogP) is 2.82. The largest absolute Gasteiger partial charge is 0.493 e. The molecule has 0 unspecified atom stereocenters. The Labute approximate surface area is 158 Å². The van der Waals surface area contributed by atoms with Gasteiger partial charge in [0.1, 0.15) is 0 Å². The minimum Gasteiger partial charge on any atom is -0.493 e. The van der Waals surface area contributed by atoms with Crippen LogP contribution in [0.2, 0.25) is 0 Å². The van der Waals surface area contributed by atoms with Crippen LogP contribution in [-0.2, 0) is 6.54 Å². The zero-order chi connectivity index (χ0) is 18.2. The first-order valence-electron chi connectivity index (χ1n) is 8.70. The zero-order valence-electron chi connectivity index (χ0n) is 15.1. The van der Waals surface area contributed by atoms with Crippen LogP contribution >= 0.6 is 15.9 Å². The number of benzene rings is 1. The van der Waals surface area contributed by atoms with Crippen LogP contribution in [0.1, 0.15) is 38.2 Å². The maximum atomic E-state index is 9.64. The minimum atomic E-state index is -0.153. The maximum Gasteiger partial charge on any atom is 0.191 e. The standard InChI is InChI=1S/C18H28BrN3O3/c1-4-20-18(22-13-5-7-14(23)8-6-13)21-11-12-9-16(24-2)17(25-3)10-15(12)19/h9-10,13-14,23H,4-8,11H2,1-3H3,(H2,20,21,22). The smallest absolute Gasteiger partial charge is 0.191 e. The number of rotatable bonds is 6. The molecule has 0 bridgehead atoms. The van der Waals surface area contributed by atoms with Gasteiger partial charge in [-0.1, -0.05) is 15.9 Å². The summed E-state index contributed by atoms with van der Waals surface area (Å²) in [4.78, 5) is 4.69. The van der Waals surface area contributed by atoms with Gasteiger partial charge in [0.15, 0.2) is 17.5 Å². The van der Waals surface area contributed by atoms with Gasteiger partial charge in [0.05, 0.1) is 26.9 Å². The van der Waals surface area contributed by atoms with E-state index in [4.69, 9.17) is 14.5 Å². The summed E-state index contributed by atoms with van der Waals surface area (Å²) >= 11 is 3.57. The van der Waals surface area contributed by atoms with Crippen molar-refractivity contribution in [2.75, 3.05) is 20.8 Å². The molecule has 0 aliphatic heterocycles. The zero-order valence-corrected chi connectivity index (χ0v) is 16.7. The number of ether oxygens (including phenoxy) is 2. The predicted molar refractivity (Wildman–Crippen MR) is 103 cm³/mol. The van der Waals surface area contributed by atoms with Gasteiger partial charge in [-0.2, -0.15) is 0 Å². The second-order valence-electron chi connectivity index (χ2n) is 6.14. The number of halogens is 1. The number of hydrogen-bond acceptors (Lipinski definition) is 4. The molecular formula is C18H28BrN3O3. The van der Waals surface area contributed by atoms with Crippen LogP contribution in [0.5, 0.6) is 11.5 Å². The normalized spacial score (nSPS) is 20.9. The minimum absolute atomic E-state index is 0.153. The van der Waals surface area contributed by atoms with Crippen LogP contribution in [0, 0.1) is 0 Å². The average Bonchev–Trinajstić information content (AvgIpc) is 2.62. The van der Waals surface area contributed by atoms with Crippen molar-refractivity contribution >= 4 is 21.9 Å². The molecule has 0 heterocycles. The molecule has 7 heteroatoms. The highest BCUT2D eigenvalue weighted by molar-refractivity contribution is 9.10. The molecule has 0 spiro atoms. The Morgan fingerprint density at radius 3 is 2.44 bits per heavy atom. The first kappa shape index (κ1) is 19.8. The summed E-state index contributed by atoms with van der Waals surface area (Å²) in [6.45, 7) is 3.37. The average molecular weight is 414 g/mol. The molecule has 0 saturated heterocycles. The lowest BCUT2D eigenvalue weighted by atomic mass is 9.93. The van der Waals surface area contributed by atoms with Gasteiger partial charge in [0.25, 0.3) is 0 Å². The fourth-order valence-corrected chi connectivity index (χ4v) is 3.36. The molecule has 0 radical (unpaired) electrons. The Kier molecular flexibility index (Phi) is 7.84. The van der Waals surface area contributed by atoms with Crippen molar-refractivity contribution in [2.24, 2.45) is 4.99 Å². The van der Waals surface area contributed by atoms with Crippen molar-refractivity contribution < 1.29 is 14.6 Å². The van der Waals surface area contributed by atoms with E-state index < -0.39 is 0 Å². The molecule has 1 fully saturated rings. The number of nitrogens with one attached hydrogen (secondary N) is 2. The van der Waals surface area contributed by atoms with Gasteiger partial charge < -0.3 is 25.2 Å². The SMILES string of the molecule is CCNC(=NCc1cc(OC)c(OC)cc1Br)NC1CCC(O)CC1. The highest BCUT2D eigenvalue weighted by Gasteiger charge is 2.20. The fraction of sp³-hybridized carbons (Fsp3) is 0.611. The lowest BCUT2D eigenvalue weighted by Gasteiger charge is -2.27. The monoisotopic (exact) mass is 413 g/mol. The molecule has 1 aliphatic carbocycles. The van der Waals surface area contributed by atoms with Crippen LogP contribution in [0.3, 0.4) is 0 Å². The summed E-state index contributed by atoms with van der Waals surface area (Å²) in [5.74, 6) is 2.17. The van der Waals surface area contributed by atoms with Gasteiger partial charge in [0, 0.05) is 17.1 Å². The van der Waals surface area contributed by atoms with Crippen molar-refractivity contribution in [3.63, 3.8) is 0 Å². The van der Waals surface area contributed by atoms with E-state index >= 15 is 0 Å². The van der Waals surface area contributed by atoms with Crippen LogP contribution < -0.4 is 20.1 Å². The van der Waals surface area contributed by atoms with Gasteiger partial charge in [-0.05, 0) is 50.3 Å². The number of aliphatic imine (C=N–C) groups is 1. The third-order valence-electron chi connectivity index (χ3n) is 4.34. The number of aliphatic hydroxyl groups is 1. The Morgan fingerprint density at radius 2 is 1.84 bits per heavy atom. The van der Waals surface area contributed by atoms with Crippen LogP contribution in [0.4, 0.5) is 0 Å². The van der Waals surface area contributed by atoms with Crippen LogP contribution in [-0.4, -0.2) is 44.0 Å². The molecular weight excluding hydrogens is 386 g/mol. The third-order valence-corrected chi connectivity index (χ3v) is 5.08. The molecule has 140 valence electrons. The van der Waals surface area contributed by atoms with Gasteiger partial charge in [-0.15, -0.1) is 0 Å². The summed E-state index contributed by atoms with van der Waals surface area (Å²) < 4.78 is 11.6. The number of guanidine groups is 1. The highest BCUT2D eigenvalue weighted by Crippen LogP contribution is 2.33. The molecule has 25 heavy (non-hydrogen) atoms. The van der Waals surface area contributed by atoms with E-state index in [1.165, 1.54) is 0 Å². The third kappa shape index (κ3) is 5.78. The quantitative estimate of drug-likeness (QED) is 0.493. The second kappa shape index (κ2) is 9.87. The Morgan fingerprint density at radius 1 is 1.20 bits per heavy atom. The van der Waals surface area contributed by atoms with E-state index in [1.807, 2.05) is 19.1 Å². The molecule has 6 nitrogen and oxygen atoms in total. The lowest BCUT2D eigenvalue weighted by molar-refractivity contribution is 0.120. The molecule has 1 aromatic carbocycles. The van der Waals surface area contributed by atoms with Crippen molar-refractivity contribution in [3.8, 4) is 11.5 Å². The van der Waals surface area contributed by atoms with E-state index in [1.54, 1.807) is 14.2 Å². The fourth-order valence-electron chi connectivity index (χ4n) is 2.92. The number of aliphatic hydroxyl groups excluding tert-OH is 1. The summed E-state index contributed by atoms with van der Waals surface area (Å²) in [6, 6.07) is 4.19. The van der Waals surface area contributed by atoms with Gasteiger partial charge in [-0.25, -0.2) is 4.99 Å². The van der Waals surface area contributed by atoms with E-state index in [2.05, 4.69) is 26.6 Å². The first-order chi connectivity index (χ1) is 12.1. The lowest BCUT2D eigenvalue weighted by Crippen LogP contribution is -2.45. The second-order valence-corrected chi connectivity index (χ2v) is 7.00. The summed E-state index contributed by atoms with van der Waals surface area (Å²) in [7, 11) is 3.25. The van der Waals surface area contributed by atoms with Gasteiger partial charge in [0.2, 0.25) is 0 Å². The molecule has 0 atom stereocenters. The molecule has 2 rings (SSSR count). The topological polar surface area (TPSA) is 75.1 Å².